The van der Waals surface area contributed by atoms with Crippen molar-refractivity contribution >= 4 is 17.7 Å². The lowest BCUT2D eigenvalue weighted by molar-refractivity contribution is -0.144. The van der Waals surface area contributed by atoms with Crippen LogP contribution in [0.4, 0.5) is 0 Å². The Bertz CT molecular complexity index is 783. The summed E-state index contributed by atoms with van der Waals surface area (Å²) in [5.41, 5.74) is 0.118. The highest BCUT2D eigenvalue weighted by atomic mass is 16.5. The maximum absolute atomic E-state index is 13.7. The molecule has 28 heavy (non-hydrogen) atoms. The monoisotopic (exact) mass is 387 g/mol. The van der Waals surface area contributed by atoms with Gasteiger partial charge in [-0.15, -0.1) is 0 Å². The Morgan fingerprint density at radius 1 is 1.21 bits per heavy atom. The van der Waals surface area contributed by atoms with E-state index in [2.05, 4.69) is 13.8 Å². The summed E-state index contributed by atoms with van der Waals surface area (Å²) in [7, 11) is 3.17. The SMILES string of the molecule is COC1=CC(=O)c2ccccc2C1(CCC(C)C)C(=O)N(C)CCOC(C)=O. The lowest BCUT2D eigenvalue weighted by atomic mass is 9.67. The Kier molecular flexibility index (Phi) is 7.00. The fourth-order valence-corrected chi connectivity index (χ4v) is 3.60. The molecule has 1 aliphatic rings. The minimum Gasteiger partial charge on any atom is -0.499 e. The van der Waals surface area contributed by atoms with Crippen LogP contribution >= 0.6 is 0 Å². The molecular weight excluding hydrogens is 358 g/mol. The number of benzene rings is 1. The third-order valence-corrected chi connectivity index (χ3v) is 5.10. The lowest BCUT2D eigenvalue weighted by Crippen LogP contribution is -2.50. The van der Waals surface area contributed by atoms with Gasteiger partial charge in [-0.3, -0.25) is 14.4 Å². The standard InChI is InChI=1S/C22H29NO5/c1-15(2)10-11-22(21(26)23(4)12-13-28-16(3)24)18-9-7-6-8-17(18)19(25)14-20(22)27-5/h6-9,14-15H,10-13H2,1-5H3. The van der Waals surface area contributed by atoms with Crippen molar-refractivity contribution in [3.63, 3.8) is 0 Å². The van der Waals surface area contributed by atoms with Crippen molar-refractivity contribution in [2.24, 2.45) is 5.92 Å². The Morgan fingerprint density at radius 2 is 1.89 bits per heavy atom. The average Bonchev–Trinajstić information content (AvgIpc) is 2.66. The van der Waals surface area contributed by atoms with Crippen LogP contribution in [0.1, 0.15) is 49.5 Å². The summed E-state index contributed by atoms with van der Waals surface area (Å²) in [6, 6.07) is 7.21. The molecule has 1 atom stereocenters. The van der Waals surface area contributed by atoms with Gasteiger partial charge in [-0.25, -0.2) is 0 Å². The fourth-order valence-electron chi connectivity index (χ4n) is 3.60. The van der Waals surface area contributed by atoms with Crippen LogP contribution in [0.15, 0.2) is 36.1 Å². The van der Waals surface area contributed by atoms with Crippen molar-refractivity contribution in [3.05, 3.63) is 47.2 Å². The van der Waals surface area contributed by atoms with Crippen LogP contribution in [-0.2, 0) is 24.5 Å². The van der Waals surface area contributed by atoms with Gasteiger partial charge in [0.2, 0.25) is 5.91 Å². The average molecular weight is 387 g/mol. The van der Waals surface area contributed by atoms with Crippen molar-refractivity contribution in [2.75, 3.05) is 27.3 Å². The first-order valence-electron chi connectivity index (χ1n) is 9.53. The summed E-state index contributed by atoms with van der Waals surface area (Å²) in [5.74, 6) is 0.0119. The van der Waals surface area contributed by atoms with Gasteiger partial charge in [-0.05, 0) is 24.3 Å². The Morgan fingerprint density at radius 3 is 2.50 bits per heavy atom. The van der Waals surface area contributed by atoms with Crippen molar-refractivity contribution in [3.8, 4) is 0 Å². The normalized spacial score (nSPS) is 18.4. The van der Waals surface area contributed by atoms with Crippen LogP contribution in [0.2, 0.25) is 0 Å². The van der Waals surface area contributed by atoms with Crippen molar-refractivity contribution < 1.29 is 23.9 Å². The molecule has 0 radical (unpaired) electrons. The minimum atomic E-state index is -1.07. The highest BCUT2D eigenvalue weighted by Gasteiger charge is 2.50. The number of ether oxygens (including phenoxy) is 2. The van der Waals surface area contributed by atoms with Crippen LogP contribution in [0.25, 0.3) is 0 Å². The number of carbonyl (C=O) groups is 3. The van der Waals surface area contributed by atoms with E-state index in [0.717, 1.165) is 6.42 Å². The predicted molar refractivity (Wildman–Crippen MR) is 106 cm³/mol. The van der Waals surface area contributed by atoms with Crippen LogP contribution in [0, 0.1) is 5.92 Å². The topological polar surface area (TPSA) is 72.9 Å². The number of amides is 1. The molecule has 152 valence electrons. The molecule has 1 unspecified atom stereocenters. The Hall–Kier alpha value is -2.63. The van der Waals surface area contributed by atoms with E-state index in [-0.39, 0.29) is 30.8 Å². The summed E-state index contributed by atoms with van der Waals surface area (Å²) in [6.45, 7) is 5.90. The summed E-state index contributed by atoms with van der Waals surface area (Å²) >= 11 is 0. The van der Waals surface area contributed by atoms with E-state index in [0.29, 0.717) is 29.2 Å². The molecule has 6 nitrogen and oxygen atoms in total. The molecule has 0 spiro atoms. The molecule has 0 N–H and O–H groups in total. The van der Waals surface area contributed by atoms with E-state index in [4.69, 9.17) is 9.47 Å². The lowest BCUT2D eigenvalue weighted by Gasteiger charge is -2.40. The maximum Gasteiger partial charge on any atom is 0.302 e. The third kappa shape index (κ3) is 4.26. The van der Waals surface area contributed by atoms with E-state index in [9.17, 15) is 14.4 Å². The van der Waals surface area contributed by atoms with Crippen molar-refractivity contribution in [1.82, 2.24) is 4.90 Å². The molecule has 0 saturated carbocycles. The summed E-state index contributed by atoms with van der Waals surface area (Å²) in [5, 5.41) is 0. The zero-order chi connectivity index (χ0) is 20.9. The van der Waals surface area contributed by atoms with Crippen molar-refractivity contribution in [2.45, 2.75) is 39.0 Å². The summed E-state index contributed by atoms with van der Waals surface area (Å²) in [6.07, 6.45) is 2.73. The van der Waals surface area contributed by atoms with Crippen LogP contribution in [0.3, 0.4) is 0 Å². The molecule has 0 aliphatic heterocycles. The molecule has 0 aromatic heterocycles. The summed E-state index contributed by atoms with van der Waals surface area (Å²) in [4.78, 5) is 38.9. The molecule has 0 fully saturated rings. The number of carbonyl (C=O) groups excluding carboxylic acids is 3. The van der Waals surface area contributed by atoms with E-state index in [1.54, 1.807) is 24.1 Å². The first kappa shape index (κ1) is 21.7. The van der Waals surface area contributed by atoms with Gasteiger partial charge in [-0.1, -0.05) is 38.1 Å². The number of fused-ring (bicyclic) bond motifs is 1. The highest BCUT2D eigenvalue weighted by Crippen LogP contribution is 2.44. The predicted octanol–water partition coefficient (Wildman–Crippen LogP) is 3.11. The number of esters is 1. The van der Waals surface area contributed by atoms with Gasteiger partial charge in [0.15, 0.2) is 5.78 Å². The summed E-state index contributed by atoms with van der Waals surface area (Å²) < 4.78 is 10.6. The molecule has 6 heteroatoms. The Balaban J connectivity index is 2.52. The molecule has 0 heterocycles. The molecule has 2 rings (SSSR count). The number of likely N-dealkylation sites (N-methyl/N-ethyl adjacent to an activating group) is 1. The zero-order valence-electron chi connectivity index (χ0n) is 17.3. The van der Waals surface area contributed by atoms with Gasteiger partial charge < -0.3 is 14.4 Å². The second-order valence-electron chi connectivity index (χ2n) is 7.53. The smallest absolute Gasteiger partial charge is 0.302 e. The fraction of sp³-hybridized carbons (Fsp3) is 0.500. The van der Waals surface area contributed by atoms with Crippen LogP contribution < -0.4 is 0 Å². The second-order valence-corrected chi connectivity index (χ2v) is 7.53. The van der Waals surface area contributed by atoms with Crippen LogP contribution in [0.5, 0.6) is 0 Å². The number of hydrogen-bond donors (Lipinski definition) is 0. The van der Waals surface area contributed by atoms with Crippen LogP contribution in [-0.4, -0.2) is 49.9 Å². The van der Waals surface area contributed by atoms with Gasteiger partial charge >= 0.3 is 5.97 Å². The van der Waals surface area contributed by atoms with Gasteiger partial charge in [0.25, 0.3) is 0 Å². The quantitative estimate of drug-likeness (QED) is 0.641. The second kappa shape index (κ2) is 9.04. The highest BCUT2D eigenvalue weighted by molar-refractivity contribution is 6.11. The van der Waals surface area contributed by atoms with Gasteiger partial charge in [0.1, 0.15) is 17.8 Å². The number of hydrogen-bond acceptors (Lipinski definition) is 5. The number of allylic oxidation sites excluding steroid dienone is 1. The van der Waals surface area contributed by atoms with Gasteiger partial charge in [0, 0.05) is 25.6 Å². The van der Waals surface area contributed by atoms with E-state index < -0.39 is 5.41 Å². The molecule has 1 amide bonds. The largest absolute Gasteiger partial charge is 0.499 e. The van der Waals surface area contributed by atoms with Gasteiger partial charge in [0.05, 0.1) is 13.7 Å². The van der Waals surface area contributed by atoms with Crippen molar-refractivity contribution in [1.29, 1.82) is 0 Å². The molecule has 0 bridgehead atoms. The zero-order valence-corrected chi connectivity index (χ0v) is 17.3. The molecule has 0 saturated heterocycles. The Labute approximate surface area is 166 Å². The van der Waals surface area contributed by atoms with Gasteiger partial charge in [-0.2, -0.15) is 0 Å². The third-order valence-electron chi connectivity index (χ3n) is 5.10. The number of rotatable bonds is 8. The molecule has 1 aromatic rings. The number of ketones is 1. The van der Waals surface area contributed by atoms with E-state index in [1.165, 1.54) is 20.1 Å². The van der Waals surface area contributed by atoms with E-state index in [1.807, 2.05) is 12.1 Å². The first-order valence-corrected chi connectivity index (χ1v) is 9.53. The number of nitrogens with zero attached hydrogens (tertiary/aromatic N) is 1. The maximum atomic E-state index is 13.7. The number of methoxy groups -OCH3 is 1. The molecule has 1 aliphatic carbocycles. The minimum absolute atomic E-state index is 0.116. The molecule has 1 aromatic carbocycles. The van der Waals surface area contributed by atoms with E-state index >= 15 is 0 Å². The molecular formula is C22H29NO5. The first-order chi connectivity index (χ1) is 13.2.